The summed E-state index contributed by atoms with van der Waals surface area (Å²) in [4.78, 5) is 24.2. The summed E-state index contributed by atoms with van der Waals surface area (Å²) in [7, 11) is 0. The van der Waals surface area contributed by atoms with E-state index in [1.807, 2.05) is 17.8 Å². The first kappa shape index (κ1) is 13.1. The summed E-state index contributed by atoms with van der Waals surface area (Å²) >= 11 is 0. The Morgan fingerprint density at radius 1 is 1.23 bits per heavy atom. The second kappa shape index (κ2) is 4.97. The van der Waals surface area contributed by atoms with Crippen LogP contribution in [0, 0.1) is 6.92 Å². The third-order valence-corrected chi connectivity index (χ3v) is 4.08. The summed E-state index contributed by atoms with van der Waals surface area (Å²) in [5, 5.41) is 7.19. The number of hydrogen-bond donors (Lipinski definition) is 1. The van der Waals surface area contributed by atoms with Crippen LogP contribution in [0.5, 0.6) is 0 Å². The second-order valence-electron chi connectivity index (χ2n) is 5.64. The molecule has 0 bridgehead atoms. The van der Waals surface area contributed by atoms with Crippen molar-refractivity contribution in [3.63, 3.8) is 0 Å². The van der Waals surface area contributed by atoms with Gasteiger partial charge in [-0.15, -0.1) is 0 Å². The molecule has 2 aromatic rings. The lowest BCUT2D eigenvalue weighted by molar-refractivity contribution is 0.252. The van der Waals surface area contributed by atoms with Gasteiger partial charge in [-0.1, -0.05) is 0 Å². The summed E-state index contributed by atoms with van der Waals surface area (Å²) < 4.78 is 1.93. The van der Waals surface area contributed by atoms with Gasteiger partial charge in [-0.3, -0.25) is 14.6 Å². The number of nitrogens with zero attached hydrogens (tertiary/aromatic N) is 6. The lowest BCUT2D eigenvalue weighted by Gasteiger charge is -2.39. The molecule has 4 rings (SSSR count). The number of nitrogens with one attached hydrogen (secondary N) is 1. The summed E-state index contributed by atoms with van der Waals surface area (Å²) in [5.41, 5.74) is 1.77. The van der Waals surface area contributed by atoms with Crippen LogP contribution in [0.3, 0.4) is 0 Å². The Labute approximate surface area is 127 Å². The van der Waals surface area contributed by atoms with Crippen molar-refractivity contribution in [1.82, 2.24) is 25.1 Å². The van der Waals surface area contributed by atoms with Crippen molar-refractivity contribution in [3.8, 4) is 0 Å². The van der Waals surface area contributed by atoms with Crippen molar-refractivity contribution in [2.45, 2.75) is 13.0 Å². The molecular formula is C14H17N7O. The average molecular weight is 299 g/mol. The number of rotatable bonds is 3. The number of hydrogen-bond acceptors (Lipinski definition) is 5. The molecule has 2 fully saturated rings. The van der Waals surface area contributed by atoms with Gasteiger partial charge in [0.1, 0.15) is 5.82 Å². The van der Waals surface area contributed by atoms with Crippen molar-refractivity contribution >= 4 is 17.5 Å². The normalized spacial score (nSPS) is 18.5. The number of carbonyl (C=O) groups excluding carboxylic acids is 1. The summed E-state index contributed by atoms with van der Waals surface area (Å²) in [6.07, 6.45) is 7.27. The van der Waals surface area contributed by atoms with Crippen molar-refractivity contribution in [1.29, 1.82) is 0 Å². The Hall–Kier alpha value is -2.64. The number of anilines is 2. The highest BCUT2D eigenvalue weighted by atomic mass is 16.2. The zero-order valence-electron chi connectivity index (χ0n) is 12.3. The van der Waals surface area contributed by atoms with Gasteiger partial charge in [-0.25, -0.2) is 9.78 Å². The topological polar surface area (TPSA) is 79.2 Å². The van der Waals surface area contributed by atoms with E-state index in [0.29, 0.717) is 19.1 Å². The van der Waals surface area contributed by atoms with Gasteiger partial charge in [0.05, 0.1) is 36.0 Å². The molecule has 4 heterocycles. The van der Waals surface area contributed by atoms with Crippen LogP contribution in [0.1, 0.15) is 11.7 Å². The molecular weight excluding hydrogens is 282 g/mol. The van der Waals surface area contributed by atoms with Gasteiger partial charge in [-0.2, -0.15) is 5.10 Å². The molecule has 0 spiro atoms. The monoisotopic (exact) mass is 299 g/mol. The highest BCUT2D eigenvalue weighted by Gasteiger charge is 2.31. The summed E-state index contributed by atoms with van der Waals surface area (Å²) in [6, 6.07) is 0.257. The van der Waals surface area contributed by atoms with Crippen molar-refractivity contribution in [2.24, 2.45) is 0 Å². The Balaban J connectivity index is 1.42. The largest absolute Gasteiger partial charge is 0.351 e. The average Bonchev–Trinajstić information content (AvgIpc) is 3.08. The van der Waals surface area contributed by atoms with E-state index in [4.69, 9.17) is 0 Å². The molecule has 0 radical (unpaired) electrons. The fourth-order valence-electron chi connectivity index (χ4n) is 2.74. The van der Waals surface area contributed by atoms with Crippen LogP contribution in [0.4, 0.5) is 16.3 Å². The van der Waals surface area contributed by atoms with Gasteiger partial charge in [-0.05, 0) is 6.92 Å². The Bertz CT molecular complexity index is 689. The fourth-order valence-corrected chi connectivity index (χ4v) is 2.74. The SMILES string of the molecule is Cc1cnc(N2CC(n3cc(N4CCNC4=O)cn3)C2)cn1. The predicted octanol–water partition coefficient (Wildman–Crippen LogP) is 0.572. The second-order valence-corrected chi connectivity index (χ2v) is 5.64. The van der Waals surface area contributed by atoms with E-state index >= 15 is 0 Å². The van der Waals surface area contributed by atoms with Gasteiger partial charge in [0.2, 0.25) is 0 Å². The summed E-state index contributed by atoms with van der Waals surface area (Å²) in [5.74, 6) is 0.896. The van der Waals surface area contributed by atoms with Crippen LogP contribution < -0.4 is 15.1 Å². The maximum atomic E-state index is 11.7. The van der Waals surface area contributed by atoms with Gasteiger partial charge in [0.15, 0.2) is 0 Å². The molecule has 0 aromatic carbocycles. The molecule has 0 atom stereocenters. The molecule has 2 saturated heterocycles. The smallest absolute Gasteiger partial charge is 0.322 e. The first-order valence-corrected chi connectivity index (χ1v) is 7.34. The van der Waals surface area contributed by atoms with Crippen LogP contribution in [-0.4, -0.2) is 52.0 Å². The standard InChI is InChI=1S/C14H17N7O/c1-10-4-17-13(6-16-10)19-7-12(8-19)21-9-11(5-18-21)20-3-2-15-14(20)22/h4-6,9,12H,2-3,7-8H2,1H3,(H,15,22). The minimum absolute atomic E-state index is 0.0512. The molecule has 0 saturated carbocycles. The molecule has 0 unspecified atom stereocenters. The zero-order chi connectivity index (χ0) is 15.1. The minimum atomic E-state index is -0.0512. The lowest BCUT2D eigenvalue weighted by atomic mass is 10.1. The highest BCUT2D eigenvalue weighted by molar-refractivity contribution is 5.93. The van der Waals surface area contributed by atoms with E-state index in [1.54, 1.807) is 23.5 Å². The molecule has 8 nitrogen and oxygen atoms in total. The van der Waals surface area contributed by atoms with Crippen LogP contribution in [-0.2, 0) is 0 Å². The molecule has 1 N–H and O–H groups in total. The third-order valence-electron chi connectivity index (χ3n) is 4.08. The maximum Gasteiger partial charge on any atom is 0.322 e. The molecule has 2 aromatic heterocycles. The third kappa shape index (κ3) is 2.16. The number of aryl methyl sites for hydroxylation is 1. The van der Waals surface area contributed by atoms with Crippen molar-refractivity contribution in [3.05, 3.63) is 30.5 Å². The minimum Gasteiger partial charge on any atom is -0.351 e. The van der Waals surface area contributed by atoms with E-state index in [1.165, 1.54) is 0 Å². The first-order valence-electron chi connectivity index (χ1n) is 7.34. The molecule has 2 aliphatic heterocycles. The zero-order valence-corrected chi connectivity index (χ0v) is 12.3. The van der Waals surface area contributed by atoms with E-state index in [0.717, 1.165) is 30.3 Å². The van der Waals surface area contributed by atoms with E-state index in [9.17, 15) is 4.79 Å². The fraction of sp³-hybridized carbons (Fsp3) is 0.429. The van der Waals surface area contributed by atoms with Gasteiger partial charge < -0.3 is 10.2 Å². The highest BCUT2D eigenvalue weighted by Crippen LogP contribution is 2.27. The summed E-state index contributed by atoms with van der Waals surface area (Å²) in [6.45, 7) is 5.01. The lowest BCUT2D eigenvalue weighted by Crippen LogP contribution is -2.48. The number of amides is 2. The van der Waals surface area contributed by atoms with Crippen LogP contribution >= 0.6 is 0 Å². The Morgan fingerprint density at radius 2 is 2.09 bits per heavy atom. The van der Waals surface area contributed by atoms with E-state index in [2.05, 4.69) is 25.3 Å². The van der Waals surface area contributed by atoms with Crippen LogP contribution in [0.25, 0.3) is 0 Å². The van der Waals surface area contributed by atoms with Gasteiger partial charge >= 0.3 is 6.03 Å². The van der Waals surface area contributed by atoms with Gasteiger partial charge in [0, 0.05) is 32.4 Å². The maximum absolute atomic E-state index is 11.7. The number of aromatic nitrogens is 4. The first-order chi connectivity index (χ1) is 10.7. The van der Waals surface area contributed by atoms with Crippen molar-refractivity contribution < 1.29 is 4.79 Å². The molecule has 114 valence electrons. The molecule has 8 heteroatoms. The van der Waals surface area contributed by atoms with E-state index in [-0.39, 0.29) is 6.03 Å². The molecule has 2 aliphatic rings. The van der Waals surface area contributed by atoms with Gasteiger partial charge in [0.25, 0.3) is 0 Å². The quantitative estimate of drug-likeness (QED) is 0.896. The van der Waals surface area contributed by atoms with Crippen LogP contribution in [0.15, 0.2) is 24.8 Å². The Morgan fingerprint density at radius 3 is 2.77 bits per heavy atom. The molecule has 22 heavy (non-hydrogen) atoms. The van der Waals surface area contributed by atoms with Crippen LogP contribution in [0.2, 0.25) is 0 Å². The number of urea groups is 1. The van der Waals surface area contributed by atoms with Crippen molar-refractivity contribution in [2.75, 3.05) is 36.0 Å². The predicted molar refractivity (Wildman–Crippen MR) is 81.0 cm³/mol. The molecule has 2 amide bonds. The molecule has 0 aliphatic carbocycles. The number of carbonyl (C=O) groups is 1. The Kier molecular flexibility index (Phi) is 2.95. The van der Waals surface area contributed by atoms with E-state index < -0.39 is 0 Å².